The van der Waals surface area contributed by atoms with Gasteiger partial charge in [-0.05, 0) is 56.3 Å². The van der Waals surface area contributed by atoms with E-state index >= 15 is 0 Å². The molecule has 9 heteroatoms. The highest BCUT2D eigenvalue weighted by atomic mass is 19.4. The maximum Gasteiger partial charge on any atom is 0.422 e. The molecule has 6 nitrogen and oxygen atoms in total. The third-order valence-corrected chi connectivity index (χ3v) is 6.36. The quantitative estimate of drug-likeness (QED) is 0.553. The summed E-state index contributed by atoms with van der Waals surface area (Å²) in [4.78, 5) is 24.9. The number of hydrogen-bond donors (Lipinski definition) is 0. The number of halogens is 3. The molecular formula is C24H29F3N4O2. The van der Waals surface area contributed by atoms with Crippen molar-refractivity contribution >= 4 is 12.1 Å². The summed E-state index contributed by atoms with van der Waals surface area (Å²) < 4.78 is 42.1. The van der Waals surface area contributed by atoms with E-state index in [0.717, 1.165) is 81.6 Å². The highest BCUT2D eigenvalue weighted by Crippen LogP contribution is 2.29. The number of carbonyl (C=O) groups excluding carboxylic acids is 1. The lowest BCUT2D eigenvalue weighted by atomic mass is 10.0. The smallest absolute Gasteiger partial charge is 0.422 e. The second kappa shape index (κ2) is 10.5. The molecule has 0 aliphatic carbocycles. The predicted molar refractivity (Wildman–Crippen MR) is 119 cm³/mol. The zero-order valence-electron chi connectivity index (χ0n) is 18.5. The Labute approximate surface area is 191 Å². The number of anilines is 1. The first kappa shape index (κ1) is 23.5. The van der Waals surface area contributed by atoms with Crippen LogP contribution < -0.4 is 9.64 Å². The van der Waals surface area contributed by atoms with Crippen molar-refractivity contribution in [2.45, 2.75) is 50.2 Å². The van der Waals surface area contributed by atoms with Crippen LogP contribution in [0, 0.1) is 0 Å². The van der Waals surface area contributed by atoms with Crippen LogP contribution in [0.4, 0.5) is 19.0 Å². The van der Waals surface area contributed by atoms with Gasteiger partial charge in [0, 0.05) is 43.5 Å². The molecule has 2 aromatic heterocycles. The van der Waals surface area contributed by atoms with Crippen LogP contribution in [-0.4, -0.2) is 66.2 Å². The number of pyridine rings is 2. The average molecular weight is 463 g/mol. The van der Waals surface area contributed by atoms with Crippen LogP contribution in [0.5, 0.6) is 5.88 Å². The normalized spacial score (nSPS) is 21.8. The zero-order chi connectivity index (χ0) is 23.3. The Morgan fingerprint density at radius 3 is 2.82 bits per heavy atom. The maximum atomic E-state index is 12.4. The summed E-state index contributed by atoms with van der Waals surface area (Å²) in [6.45, 7) is 2.05. The van der Waals surface area contributed by atoms with Crippen molar-refractivity contribution in [3.63, 3.8) is 0 Å². The number of carbonyl (C=O) groups is 1. The molecule has 0 aromatic carbocycles. The van der Waals surface area contributed by atoms with E-state index in [1.165, 1.54) is 6.07 Å². The van der Waals surface area contributed by atoms with Crippen molar-refractivity contribution in [2.75, 3.05) is 37.7 Å². The van der Waals surface area contributed by atoms with Crippen LogP contribution in [0.2, 0.25) is 0 Å². The van der Waals surface area contributed by atoms with Crippen LogP contribution >= 0.6 is 0 Å². The molecule has 2 aliphatic heterocycles. The van der Waals surface area contributed by atoms with Crippen molar-refractivity contribution in [1.29, 1.82) is 0 Å². The molecule has 0 amide bonds. The van der Waals surface area contributed by atoms with Crippen molar-refractivity contribution < 1.29 is 22.7 Å². The summed E-state index contributed by atoms with van der Waals surface area (Å²) in [5.74, 6) is 1.07. The van der Waals surface area contributed by atoms with E-state index in [9.17, 15) is 18.0 Å². The van der Waals surface area contributed by atoms with Gasteiger partial charge in [0.25, 0.3) is 0 Å². The Bertz CT molecular complexity index is 940. The minimum atomic E-state index is -4.38. The molecule has 2 aliphatic rings. The van der Waals surface area contributed by atoms with Gasteiger partial charge in [-0.2, -0.15) is 13.2 Å². The topological polar surface area (TPSA) is 58.6 Å². The fourth-order valence-electron chi connectivity index (χ4n) is 4.70. The first-order chi connectivity index (χ1) is 15.9. The van der Waals surface area contributed by atoms with E-state index in [2.05, 4.69) is 25.8 Å². The lowest BCUT2D eigenvalue weighted by molar-refractivity contribution is -0.154. The molecule has 0 radical (unpaired) electrons. The molecule has 0 N–H and O–H groups in total. The van der Waals surface area contributed by atoms with Gasteiger partial charge in [-0.1, -0.05) is 12.1 Å². The molecule has 2 aromatic rings. The minimum absolute atomic E-state index is 0.00883. The predicted octanol–water partition coefficient (Wildman–Crippen LogP) is 4.01. The molecule has 0 spiro atoms. The van der Waals surface area contributed by atoms with E-state index in [1.807, 2.05) is 12.1 Å². The molecule has 2 atom stereocenters. The highest BCUT2D eigenvalue weighted by molar-refractivity contribution is 5.66. The first-order valence-electron chi connectivity index (χ1n) is 11.5. The molecule has 2 saturated heterocycles. The minimum Gasteiger partial charge on any atom is -0.468 e. The van der Waals surface area contributed by atoms with Crippen LogP contribution in [0.15, 0.2) is 36.5 Å². The van der Waals surface area contributed by atoms with Gasteiger partial charge in [-0.3, -0.25) is 0 Å². The number of piperidine rings is 1. The number of ether oxygens (including phenoxy) is 1. The average Bonchev–Trinajstić information content (AvgIpc) is 3.30. The summed E-state index contributed by atoms with van der Waals surface area (Å²) in [6, 6.07) is 8.90. The second-order valence-corrected chi connectivity index (χ2v) is 8.72. The van der Waals surface area contributed by atoms with Crippen LogP contribution in [0.3, 0.4) is 0 Å². The van der Waals surface area contributed by atoms with Gasteiger partial charge < -0.3 is 19.3 Å². The zero-order valence-corrected chi connectivity index (χ0v) is 18.5. The summed E-state index contributed by atoms with van der Waals surface area (Å²) >= 11 is 0. The van der Waals surface area contributed by atoms with E-state index in [-0.39, 0.29) is 17.8 Å². The van der Waals surface area contributed by atoms with Gasteiger partial charge in [0.05, 0.1) is 6.04 Å². The monoisotopic (exact) mass is 462 g/mol. The fraction of sp³-hybridized carbons (Fsp3) is 0.542. The van der Waals surface area contributed by atoms with E-state index in [1.54, 1.807) is 12.3 Å². The molecule has 0 saturated carbocycles. The Hall–Kier alpha value is -2.68. The Kier molecular flexibility index (Phi) is 7.47. The van der Waals surface area contributed by atoms with Gasteiger partial charge in [0.2, 0.25) is 5.88 Å². The Morgan fingerprint density at radius 1 is 1.12 bits per heavy atom. The summed E-state index contributed by atoms with van der Waals surface area (Å²) in [5, 5.41) is 0. The van der Waals surface area contributed by atoms with E-state index in [0.29, 0.717) is 0 Å². The molecule has 33 heavy (non-hydrogen) atoms. The summed E-state index contributed by atoms with van der Waals surface area (Å²) in [6.07, 6.45) is 3.14. The maximum absolute atomic E-state index is 12.4. The Morgan fingerprint density at radius 2 is 2.00 bits per heavy atom. The largest absolute Gasteiger partial charge is 0.468 e. The molecule has 2 unspecified atom stereocenters. The SMILES string of the molecule is O=CC1CCCCN1c1ncccc1CCN1CCC(c2cccc(OCC(F)(F)F)n2)C1. The van der Waals surface area contributed by atoms with Crippen molar-refractivity contribution in [2.24, 2.45) is 0 Å². The number of nitrogens with zero attached hydrogens (tertiary/aromatic N) is 4. The van der Waals surface area contributed by atoms with Gasteiger partial charge in [-0.25, -0.2) is 9.97 Å². The third kappa shape index (κ3) is 6.22. The molecule has 178 valence electrons. The standard InChI is InChI=1S/C24H29F3N4O2/c25-24(26,27)17-33-22-8-3-7-21(29-22)19-10-14-30(15-19)13-9-18-5-4-11-28-23(18)31-12-2-1-6-20(31)16-32/h3-5,7-8,11,16,19-20H,1-2,6,9-10,12-15,17H2. The Balaban J connectivity index is 1.35. The van der Waals surface area contributed by atoms with Crippen LogP contribution in [0.25, 0.3) is 0 Å². The number of likely N-dealkylation sites (tertiary alicyclic amines) is 1. The first-order valence-corrected chi connectivity index (χ1v) is 11.5. The van der Waals surface area contributed by atoms with Crippen molar-refractivity contribution in [3.8, 4) is 5.88 Å². The van der Waals surface area contributed by atoms with E-state index in [4.69, 9.17) is 4.74 Å². The van der Waals surface area contributed by atoms with Gasteiger partial charge in [0.1, 0.15) is 12.1 Å². The van der Waals surface area contributed by atoms with E-state index < -0.39 is 12.8 Å². The van der Waals surface area contributed by atoms with Crippen LogP contribution in [0.1, 0.15) is 42.9 Å². The fourth-order valence-corrected chi connectivity index (χ4v) is 4.70. The second-order valence-electron chi connectivity index (χ2n) is 8.72. The summed E-state index contributed by atoms with van der Waals surface area (Å²) in [5.41, 5.74) is 1.90. The molecule has 2 fully saturated rings. The number of hydrogen-bond acceptors (Lipinski definition) is 6. The van der Waals surface area contributed by atoms with Crippen molar-refractivity contribution in [1.82, 2.24) is 14.9 Å². The lowest BCUT2D eigenvalue weighted by Crippen LogP contribution is -2.41. The molecule has 0 bridgehead atoms. The number of aromatic nitrogens is 2. The molecule has 4 rings (SSSR count). The summed E-state index contributed by atoms with van der Waals surface area (Å²) in [7, 11) is 0. The van der Waals surface area contributed by atoms with Gasteiger partial charge >= 0.3 is 6.18 Å². The third-order valence-electron chi connectivity index (χ3n) is 6.36. The van der Waals surface area contributed by atoms with Crippen molar-refractivity contribution in [3.05, 3.63) is 47.8 Å². The van der Waals surface area contributed by atoms with Crippen LogP contribution in [-0.2, 0) is 11.2 Å². The molecule has 4 heterocycles. The van der Waals surface area contributed by atoms with Gasteiger partial charge in [-0.15, -0.1) is 0 Å². The molecular weight excluding hydrogens is 433 g/mol. The lowest BCUT2D eigenvalue weighted by Gasteiger charge is -2.34. The number of alkyl halides is 3. The number of rotatable bonds is 8. The van der Waals surface area contributed by atoms with Gasteiger partial charge in [0.15, 0.2) is 6.61 Å². The number of aldehydes is 1. The highest BCUT2D eigenvalue weighted by Gasteiger charge is 2.30.